The quantitative estimate of drug-likeness (QED) is 0.481. The molecule has 0 aliphatic carbocycles. The van der Waals surface area contributed by atoms with Crippen molar-refractivity contribution >= 4 is 29.3 Å². The van der Waals surface area contributed by atoms with E-state index in [1.54, 1.807) is 48.0 Å². The molecule has 0 spiro atoms. The predicted molar refractivity (Wildman–Crippen MR) is 116 cm³/mol. The van der Waals surface area contributed by atoms with Crippen molar-refractivity contribution in [3.8, 4) is 11.8 Å². The Balaban J connectivity index is 1.84. The van der Waals surface area contributed by atoms with Crippen LogP contribution in [0.4, 0.5) is 15.8 Å². The van der Waals surface area contributed by atoms with Crippen LogP contribution in [0.5, 0.6) is 0 Å². The summed E-state index contributed by atoms with van der Waals surface area (Å²) in [6.45, 7) is 4.98. The van der Waals surface area contributed by atoms with Crippen LogP contribution in [0.15, 0.2) is 54.1 Å². The number of aryl methyl sites for hydroxylation is 1. The summed E-state index contributed by atoms with van der Waals surface area (Å²) < 4.78 is 14.8. The lowest BCUT2D eigenvalue weighted by atomic mass is 10.1. The summed E-state index contributed by atoms with van der Waals surface area (Å²) in [6.07, 6.45) is 1.48. The molecule has 2 N–H and O–H groups in total. The Morgan fingerprint density at radius 1 is 1.03 bits per heavy atom. The number of carbonyl (C=O) groups is 2. The molecule has 2 aromatic carbocycles. The SMILES string of the molecule is CC(=O)Nc1ccc(NC(=O)/C(C#N)=C/c2c(C)nn(-c3ccc(F)cc3)c2C)cc1. The third-order valence-electron chi connectivity index (χ3n) is 4.54. The molecular weight excluding hydrogens is 397 g/mol. The second-order valence-corrected chi connectivity index (χ2v) is 6.86. The number of anilines is 2. The molecule has 0 bridgehead atoms. The summed E-state index contributed by atoms with van der Waals surface area (Å²) >= 11 is 0. The van der Waals surface area contributed by atoms with Crippen LogP contribution < -0.4 is 10.6 Å². The first kappa shape index (κ1) is 21.5. The van der Waals surface area contributed by atoms with Gasteiger partial charge in [0.1, 0.15) is 17.5 Å². The van der Waals surface area contributed by atoms with Gasteiger partial charge in [0.15, 0.2) is 0 Å². The number of hydrogen-bond acceptors (Lipinski definition) is 4. The van der Waals surface area contributed by atoms with Gasteiger partial charge in [0, 0.05) is 29.6 Å². The standard InChI is InChI=1S/C23H20FN5O2/c1-14-22(15(2)29(28-14)21-10-4-18(24)5-11-21)12-17(13-25)23(31)27-20-8-6-19(7-9-20)26-16(3)30/h4-12H,1-3H3,(H,26,30)(H,27,31)/b17-12+. The minimum Gasteiger partial charge on any atom is -0.326 e. The zero-order valence-electron chi connectivity index (χ0n) is 17.2. The fourth-order valence-electron chi connectivity index (χ4n) is 3.03. The Morgan fingerprint density at radius 3 is 2.16 bits per heavy atom. The summed E-state index contributed by atoms with van der Waals surface area (Å²) in [6, 6.07) is 14.4. The first-order chi connectivity index (χ1) is 14.8. The highest BCUT2D eigenvalue weighted by Crippen LogP contribution is 2.22. The average Bonchev–Trinajstić information content (AvgIpc) is 3.01. The number of benzene rings is 2. The van der Waals surface area contributed by atoms with Crippen molar-refractivity contribution in [3.05, 3.63) is 76.9 Å². The summed E-state index contributed by atoms with van der Waals surface area (Å²) in [7, 11) is 0. The molecule has 1 aromatic heterocycles. The Bertz CT molecular complexity index is 1200. The molecule has 0 fully saturated rings. The molecule has 0 unspecified atom stereocenters. The zero-order valence-corrected chi connectivity index (χ0v) is 17.2. The second kappa shape index (κ2) is 9.05. The van der Waals surface area contributed by atoms with Crippen molar-refractivity contribution in [2.45, 2.75) is 20.8 Å². The zero-order chi connectivity index (χ0) is 22.5. The molecule has 7 nitrogen and oxygen atoms in total. The largest absolute Gasteiger partial charge is 0.326 e. The van der Waals surface area contributed by atoms with E-state index in [1.165, 1.54) is 25.1 Å². The van der Waals surface area contributed by atoms with E-state index in [4.69, 9.17) is 0 Å². The summed E-state index contributed by atoms with van der Waals surface area (Å²) in [5, 5.41) is 19.3. The van der Waals surface area contributed by atoms with E-state index < -0.39 is 5.91 Å². The van der Waals surface area contributed by atoms with Gasteiger partial charge in [-0.25, -0.2) is 9.07 Å². The Labute approximate surface area is 178 Å². The monoisotopic (exact) mass is 417 g/mol. The van der Waals surface area contributed by atoms with E-state index in [1.807, 2.05) is 13.0 Å². The van der Waals surface area contributed by atoms with Crippen LogP contribution in [0, 0.1) is 31.0 Å². The summed E-state index contributed by atoms with van der Waals surface area (Å²) in [5.41, 5.74) is 3.64. The maximum absolute atomic E-state index is 13.2. The maximum Gasteiger partial charge on any atom is 0.266 e. The van der Waals surface area contributed by atoms with E-state index in [-0.39, 0.29) is 17.3 Å². The van der Waals surface area contributed by atoms with Crippen LogP contribution in [0.2, 0.25) is 0 Å². The maximum atomic E-state index is 13.2. The molecule has 0 atom stereocenters. The molecule has 0 aliphatic rings. The third-order valence-corrected chi connectivity index (χ3v) is 4.54. The number of nitrogens with one attached hydrogen (secondary N) is 2. The van der Waals surface area contributed by atoms with Crippen LogP contribution in [-0.2, 0) is 9.59 Å². The number of rotatable bonds is 5. The van der Waals surface area contributed by atoms with Crippen molar-refractivity contribution < 1.29 is 14.0 Å². The molecule has 8 heteroatoms. The first-order valence-electron chi connectivity index (χ1n) is 9.41. The molecule has 0 saturated carbocycles. The lowest BCUT2D eigenvalue weighted by Crippen LogP contribution is -2.13. The van der Waals surface area contributed by atoms with Crippen molar-refractivity contribution in [3.63, 3.8) is 0 Å². The fourth-order valence-corrected chi connectivity index (χ4v) is 3.03. The topological polar surface area (TPSA) is 99.8 Å². The molecule has 1 heterocycles. The highest BCUT2D eigenvalue weighted by molar-refractivity contribution is 6.09. The van der Waals surface area contributed by atoms with Gasteiger partial charge in [0.2, 0.25) is 5.91 Å². The van der Waals surface area contributed by atoms with E-state index in [2.05, 4.69) is 15.7 Å². The van der Waals surface area contributed by atoms with Gasteiger partial charge in [-0.3, -0.25) is 9.59 Å². The molecule has 3 aromatic rings. The molecule has 3 rings (SSSR count). The van der Waals surface area contributed by atoms with Crippen molar-refractivity contribution in [2.24, 2.45) is 0 Å². The lowest BCUT2D eigenvalue weighted by molar-refractivity contribution is -0.114. The van der Waals surface area contributed by atoms with Crippen LogP contribution in [0.25, 0.3) is 11.8 Å². The van der Waals surface area contributed by atoms with Crippen LogP contribution >= 0.6 is 0 Å². The molecule has 2 amide bonds. The molecule has 0 radical (unpaired) electrons. The molecule has 31 heavy (non-hydrogen) atoms. The Kier molecular flexibility index (Phi) is 6.26. The molecule has 0 aliphatic heterocycles. The molecule has 156 valence electrons. The van der Waals surface area contributed by atoms with Gasteiger partial charge in [0.05, 0.1) is 11.4 Å². The summed E-state index contributed by atoms with van der Waals surface area (Å²) in [5.74, 6) is -1.11. The predicted octanol–water partition coefficient (Wildman–Crippen LogP) is 4.13. The van der Waals surface area contributed by atoms with Crippen LogP contribution in [0.3, 0.4) is 0 Å². The van der Waals surface area contributed by atoms with Crippen molar-refractivity contribution in [2.75, 3.05) is 10.6 Å². The summed E-state index contributed by atoms with van der Waals surface area (Å²) in [4.78, 5) is 23.7. The molecule has 0 saturated heterocycles. The van der Waals surface area contributed by atoms with Gasteiger partial charge < -0.3 is 10.6 Å². The average molecular weight is 417 g/mol. The number of aromatic nitrogens is 2. The second-order valence-electron chi connectivity index (χ2n) is 6.86. The van der Waals surface area contributed by atoms with Gasteiger partial charge in [-0.05, 0) is 68.5 Å². The third kappa shape index (κ3) is 5.03. The van der Waals surface area contributed by atoms with E-state index in [9.17, 15) is 19.2 Å². The Hall–Kier alpha value is -4.25. The minimum absolute atomic E-state index is 0.0872. The number of carbonyl (C=O) groups excluding carboxylic acids is 2. The highest BCUT2D eigenvalue weighted by atomic mass is 19.1. The number of amides is 2. The fraction of sp³-hybridized carbons (Fsp3) is 0.130. The number of halogens is 1. The van der Waals surface area contributed by atoms with Gasteiger partial charge in [-0.2, -0.15) is 10.4 Å². The van der Waals surface area contributed by atoms with Crippen LogP contribution in [0.1, 0.15) is 23.9 Å². The van der Waals surface area contributed by atoms with Gasteiger partial charge in [-0.15, -0.1) is 0 Å². The normalized spacial score (nSPS) is 11.0. The van der Waals surface area contributed by atoms with E-state index in [0.717, 1.165) is 0 Å². The van der Waals surface area contributed by atoms with Gasteiger partial charge in [0.25, 0.3) is 5.91 Å². The smallest absolute Gasteiger partial charge is 0.266 e. The van der Waals surface area contributed by atoms with E-state index >= 15 is 0 Å². The minimum atomic E-state index is -0.567. The van der Waals surface area contributed by atoms with E-state index in [0.29, 0.717) is 34.0 Å². The first-order valence-corrected chi connectivity index (χ1v) is 9.41. The number of hydrogen-bond donors (Lipinski definition) is 2. The number of nitriles is 1. The highest BCUT2D eigenvalue weighted by Gasteiger charge is 2.16. The molecular formula is C23H20FN5O2. The van der Waals surface area contributed by atoms with Crippen molar-refractivity contribution in [1.29, 1.82) is 5.26 Å². The van der Waals surface area contributed by atoms with Gasteiger partial charge in [-0.1, -0.05) is 0 Å². The number of nitrogens with zero attached hydrogens (tertiary/aromatic N) is 3. The van der Waals surface area contributed by atoms with Gasteiger partial charge >= 0.3 is 0 Å². The lowest BCUT2D eigenvalue weighted by Gasteiger charge is -2.07. The van der Waals surface area contributed by atoms with Crippen molar-refractivity contribution in [1.82, 2.24) is 9.78 Å². The van der Waals surface area contributed by atoms with Crippen LogP contribution in [-0.4, -0.2) is 21.6 Å². The Morgan fingerprint density at radius 2 is 1.61 bits per heavy atom.